The minimum atomic E-state index is -0.726. The molecule has 0 spiro atoms. The van der Waals surface area contributed by atoms with Gasteiger partial charge in [-0.2, -0.15) is 0 Å². The van der Waals surface area contributed by atoms with Gasteiger partial charge in [0.25, 0.3) is 5.69 Å². The molecular formula is C13H10ClN3O4. The van der Waals surface area contributed by atoms with Crippen LogP contribution in [0.3, 0.4) is 0 Å². The van der Waals surface area contributed by atoms with Crippen LogP contribution >= 0.6 is 11.6 Å². The van der Waals surface area contributed by atoms with Crippen molar-refractivity contribution in [2.45, 2.75) is 6.61 Å². The number of non-ortho nitro benzene ring substituents is 1. The van der Waals surface area contributed by atoms with E-state index >= 15 is 0 Å². The van der Waals surface area contributed by atoms with Crippen LogP contribution in [0.2, 0.25) is 5.02 Å². The molecule has 1 heterocycles. The van der Waals surface area contributed by atoms with Crippen molar-refractivity contribution < 1.29 is 14.5 Å². The monoisotopic (exact) mass is 307 g/mol. The molecule has 0 aliphatic heterocycles. The molecule has 1 N–H and O–H groups in total. The largest absolute Gasteiger partial charge is 0.443 e. The lowest BCUT2D eigenvalue weighted by Gasteiger charge is -2.08. The third kappa shape index (κ3) is 4.15. The summed E-state index contributed by atoms with van der Waals surface area (Å²) in [7, 11) is 0. The van der Waals surface area contributed by atoms with Gasteiger partial charge < -0.3 is 4.74 Å². The number of ether oxygens (including phenoxy) is 1. The molecule has 0 bridgehead atoms. The maximum absolute atomic E-state index is 11.6. The first-order chi connectivity index (χ1) is 10.1. The minimum absolute atomic E-state index is 0.0112. The van der Waals surface area contributed by atoms with Gasteiger partial charge >= 0.3 is 6.09 Å². The van der Waals surface area contributed by atoms with Crippen molar-refractivity contribution in [2.24, 2.45) is 0 Å². The first kappa shape index (κ1) is 14.7. The number of nitro groups is 1. The Kier molecular flexibility index (Phi) is 4.68. The molecule has 21 heavy (non-hydrogen) atoms. The zero-order valence-electron chi connectivity index (χ0n) is 10.7. The van der Waals surface area contributed by atoms with Crippen LogP contribution in [-0.2, 0) is 11.3 Å². The Balaban J connectivity index is 1.95. The second-order valence-corrected chi connectivity index (χ2v) is 4.35. The zero-order valence-corrected chi connectivity index (χ0v) is 11.4. The van der Waals surface area contributed by atoms with E-state index in [9.17, 15) is 14.9 Å². The molecule has 0 atom stereocenters. The summed E-state index contributed by atoms with van der Waals surface area (Å²) in [5, 5.41) is 13.0. The van der Waals surface area contributed by atoms with Crippen LogP contribution in [0, 0.1) is 10.1 Å². The summed E-state index contributed by atoms with van der Waals surface area (Å²) in [4.78, 5) is 25.6. The van der Waals surface area contributed by atoms with E-state index in [0.717, 1.165) is 6.07 Å². The number of nitrogens with zero attached hydrogens (tertiary/aromatic N) is 2. The van der Waals surface area contributed by atoms with Gasteiger partial charge in [-0.3, -0.25) is 20.4 Å². The van der Waals surface area contributed by atoms with Gasteiger partial charge in [0.05, 0.1) is 21.3 Å². The fraction of sp³-hybridized carbons (Fsp3) is 0.0769. The predicted octanol–water partition coefficient (Wildman–Crippen LogP) is 3.39. The molecule has 7 nitrogen and oxygen atoms in total. The van der Waals surface area contributed by atoms with Crippen LogP contribution in [0.5, 0.6) is 0 Å². The number of anilines is 1. The SMILES string of the molecule is O=C(Nc1ccc([N+](=O)[O-])cc1Cl)OCc1ccccn1. The normalized spacial score (nSPS) is 9.95. The number of hydrogen-bond donors (Lipinski definition) is 1. The van der Waals surface area contributed by atoms with Crippen LogP contribution in [0.25, 0.3) is 0 Å². The number of rotatable bonds is 4. The molecule has 0 aliphatic rings. The summed E-state index contributed by atoms with van der Waals surface area (Å²) < 4.78 is 4.96. The number of carbonyl (C=O) groups is 1. The number of carbonyl (C=O) groups excluding carboxylic acids is 1. The standard InChI is InChI=1S/C13H10ClN3O4/c14-11-7-10(17(19)20)4-5-12(11)16-13(18)21-8-9-3-1-2-6-15-9/h1-7H,8H2,(H,16,18). The first-order valence-corrected chi connectivity index (χ1v) is 6.21. The second-order valence-electron chi connectivity index (χ2n) is 3.94. The Labute approximate surface area is 124 Å². The van der Waals surface area contributed by atoms with Crippen molar-refractivity contribution in [3.63, 3.8) is 0 Å². The molecule has 0 saturated heterocycles. The van der Waals surface area contributed by atoms with Gasteiger partial charge in [0.15, 0.2) is 0 Å². The topological polar surface area (TPSA) is 94.4 Å². The molecule has 0 saturated carbocycles. The predicted molar refractivity (Wildman–Crippen MR) is 76.2 cm³/mol. The Hall–Kier alpha value is -2.67. The smallest absolute Gasteiger partial charge is 0.412 e. The molecule has 1 aromatic carbocycles. The molecular weight excluding hydrogens is 298 g/mol. The number of benzene rings is 1. The van der Waals surface area contributed by atoms with Gasteiger partial charge in [-0.05, 0) is 18.2 Å². The van der Waals surface area contributed by atoms with Crippen LogP contribution in [0.4, 0.5) is 16.2 Å². The molecule has 108 valence electrons. The zero-order chi connectivity index (χ0) is 15.2. The van der Waals surface area contributed by atoms with Crippen LogP contribution in [0.1, 0.15) is 5.69 Å². The number of nitrogens with one attached hydrogen (secondary N) is 1. The summed E-state index contributed by atoms with van der Waals surface area (Å²) >= 11 is 5.85. The van der Waals surface area contributed by atoms with Gasteiger partial charge in [-0.1, -0.05) is 17.7 Å². The van der Waals surface area contributed by atoms with E-state index < -0.39 is 11.0 Å². The van der Waals surface area contributed by atoms with E-state index in [2.05, 4.69) is 10.3 Å². The summed E-state index contributed by atoms with van der Waals surface area (Å²) in [6.07, 6.45) is 0.862. The van der Waals surface area contributed by atoms with Gasteiger partial charge in [-0.25, -0.2) is 4.79 Å². The lowest BCUT2D eigenvalue weighted by atomic mass is 10.3. The Morgan fingerprint density at radius 2 is 2.19 bits per heavy atom. The van der Waals surface area contributed by atoms with E-state index in [4.69, 9.17) is 16.3 Å². The lowest BCUT2D eigenvalue weighted by molar-refractivity contribution is -0.384. The molecule has 2 aromatic rings. The molecule has 2 rings (SSSR count). The van der Waals surface area contributed by atoms with Crippen molar-refractivity contribution in [1.82, 2.24) is 4.98 Å². The number of pyridine rings is 1. The number of nitro benzene ring substituents is 1. The van der Waals surface area contributed by atoms with Crippen molar-refractivity contribution >= 4 is 29.1 Å². The van der Waals surface area contributed by atoms with Crippen LogP contribution < -0.4 is 5.32 Å². The first-order valence-electron chi connectivity index (χ1n) is 5.84. The second kappa shape index (κ2) is 6.67. The van der Waals surface area contributed by atoms with Gasteiger partial charge in [0.2, 0.25) is 0 Å². The molecule has 0 aliphatic carbocycles. The Morgan fingerprint density at radius 1 is 1.38 bits per heavy atom. The fourth-order valence-corrected chi connectivity index (χ4v) is 1.71. The van der Waals surface area contributed by atoms with Crippen molar-refractivity contribution in [3.8, 4) is 0 Å². The highest BCUT2D eigenvalue weighted by Gasteiger charge is 2.12. The number of halogens is 1. The van der Waals surface area contributed by atoms with Gasteiger partial charge in [0.1, 0.15) is 6.61 Å². The van der Waals surface area contributed by atoms with E-state index in [1.807, 2.05) is 0 Å². The molecule has 1 amide bonds. The van der Waals surface area contributed by atoms with Gasteiger partial charge in [-0.15, -0.1) is 0 Å². The number of hydrogen-bond acceptors (Lipinski definition) is 5. The highest BCUT2D eigenvalue weighted by Crippen LogP contribution is 2.26. The third-order valence-corrected chi connectivity index (χ3v) is 2.79. The molecule has 0 fully saturated rings. The molecule has 0 unspecified atom stereocenters. The maximum Gasteiger partial charge on any atom is 0.412 e. The van der Waals surface area contributed by atoms with Crippen LogP contribution in [0.15, 0.2) is 42.6 Å². The maximum atomic E-state index is 11.6. The summed E-state index contributed by atoms with van der Waals surface area (Å²) in [6.45, 7) is 0.0112. The van der Waals surface area contributed by atoms with Crippen LogP contribution in [-0.4, -0.2) is 16.0 Å². The van der Waals surface area contributed by atoms with E-state index in [1.54, 1.807) is 24.4 Å². The van der Waals surface area contributed by atoms with Crippen molar-refractivity contribution in [2.75, 3.05) is 5.32 Å². The quantitative estimate of drug-likeness (QED) is 0.690. The van der Waals surface area contributed by atoms with Crippen molar-refractivity contribution in [1.29, 1.82) is 0 Å². The van der Waals surface area contributed by atoms with E-state index in [-0.39, 0.29) is 23.0 Å². The Bertz CT molecular complexity index is 664. The van der Waals surface area contributed by atoms with Gasteiger partial charge in [0, 0.05) is 18.3 Å². The molecule has 8 heteroatoms. The lowest BCUT2D eigenvalue weighted by Crippen LogP contribution is -2.14. The molecule has 1 aromatic heterocycles. The average Bonchev–Trinajstić information content (AvgIpc) is 2.48. The van der Waals surface area contributed by atoms with Crippen molar-refractivity contribution in [3.05, 3.63) is 63.4 Å². The highest BCUT2D eigenvalue weighted by molar-refractivity contribution is 6.33. The minimum Gasteiger partial charge on any atom is -0.443 e. The fourth-order valence-electron chi connectivity index (χ4n) is 1.49. The summed E-state index contributed by atoms with van der Waals surface area (Å²) in [5.41, 5.74) is 0.670. The van der Waals surface area contributed by atoms with E-state index in [0.29, 0.717) is 5.69 Å². The molecule has 0 radical (unpaired) electrons. The Morgan fingerprint density at radius 3 is 2.81 bits per heavy atom. The summed E-state index contributed by atoms with van der Waals surface area (Å²) in [6, 6.07) is 8.96. The summed E-state index contributed by atoms with van der Waals surface area (Å²) in [5.74, 6) is 0. The average molecular weight is 308 g/mol. The third-order valence-electron chi connectivity index (χ3n) is 2.48. The number of aromatic nitrogens is 1. The van der Waals surface area contributed by atoms with E-state index in [1.165, 1.54) is 12.1 Å². The number of amides is 1. The highest BCUT2D eigenvalue weighted by atomic mass is 35.5.